The standard InChI is InChI=1S/C16H18O3/c1-19-15-12-14(17)8-5-10-16(15,18)11-9-13-6-3-2-4-7-13/h2-9,11,15,18H,10,12H2,1H3. The zero-order chi connectivity index (χ0) is 13.7. The van der Waals surface area contributed by atoms with Crippen molar-refractivity contribution in [2.24, 2.45) is 0 Å². The number of aliphatic hydroxyl groups is 1. The predicted octanol–water partition coefficient (Wildman–Crippen LogP) is 2.37. The van der Waals surface area contributed by atoms with Gasteiger partial charge in [-0.2, -0.15) is 0 Å². The van der Waals surface area contributed by atoms with E-state index in [1.807, 2.05) is 36.4 Å². The molecule has 0 amide bonds. The summed E-state index contributed by atoms with van der Waals surface area (Å²) in [5.74, 6) is -0.0177. The van der Waals surface area contributed by atoms with E-state index in [4.69, 9.17) is 4.74 Å². The Morgan fingerprint density at radius 2 is 2.11 bits per heavy atom. The molecule has 0 aromatic heterocycles. The third-order valence-electron chi connectivity index (χ3n) is 3.34. The van der Waals surface area contributed by atoms with Gasteiger partial charge in [-0.3, -0.25) is 4.79 Å². The van der Waals surface area contributed by atoms with Gasteiger partial charge in [-0.25, -0.2) is 0 Å². The summed E-state index contributed by atoms with van der Waals surface area (Å²) < 4.78 is 5.28. The lowest BCUT2D eigenvalue weighted by Gasteiger charge is -2.30. The van der Waals surface area contributed by atoms with Crippen molar-refractivity contribution in [3.05, 3.63) is 54.1 Å². The largest absolute Gasteiger partial charge is 0.383 e. The normalized spacial score (nSPS) is 27.7. The van der Waals surface area contributed by atoms with Crippen LogP contribution in [-0.4, -0.2) is 29.7 Å². The molecule has 100 valence electrons. The topological polar surface area (TPSA) is 46.5 Å². The van der Waals surface area contributed by atoms with Gasteiger partial charge in [0.15, 0.2) is 5.78 Å². The van der Waals surface area contributed by atoms with Crippen molar-refractivity contribution in [3.63, 3.8) is 0 Å². The fourth-order valence-corrected chi connectivity index (χ4v) is 2.21. The summed E-state index contributed by atoms with van der Waals surface area (Å²) in [5.41, 5.74) is -0.141. The van der Waals surface area contributed by atoms with E-state index < -0.39 is 11.7 Å². The maximum Gasteiger partial charge on any atom is 0.158 e. The average Bonchev–Trinajstić information content (AvgIpc) is 2.57. The second kappa shape index (κ2) is 5.95. The molecule has 3 heteroatoms. The maximum absolute atomic E-state index is 11.5. The summed E-state index contributed by atoms with van der Waals surface area (Å²) in [6.07, 6.45) is 6.85. The van der Waals surface area contributed by atoms with Gasteiger partial charge in [-0.15, -0.1) is 0 Å². The molecule has 0 saturated carbocycles. The first-order valence-corrected chi connectivity index (χ1v) is 6.33. The Balaban J connectivity index is 2.22. The van der Waals surface area contributed by atoms with Crippen molar-refractivity contribution in [2.75, 3.05) is 7.11 Å². The second-order valence-corrected chi connectivity index (χ2v) is 4.74. The first-order chi connectivity index (χ1) is 9.14. The fourth-order valence-electron chi connectivity index (χ4n) is 2.21. The zero-order valence-electron chi connectivity index (χ0n) is 11.0. The molecule has 0 fully saturated rings. The number of ether oxygens (including phenoxy) is 1. The lowest BCUT2D eigenvalue weighted by atomic mass is 9.90. The Morgan fingerprint density at radius 3 is 2.79 bits per heavy atom. The van der Waals surface area contributed by atoms with Gasteiger partial charge in [-0.1, -0.05) is 42.5 Å². The zero-order valence-corrected chi connectivity index (χ0v) is 11.0. The highest BCUT2D eigenvalue weighted by molar-refractivity contribution is 5.90. The molecule has 2 rings (SSSR count). The Kier molecular flexibility index (Phi) is 4.30. The van der Waals surface area contributed by atoms with Gasteiger partial charge in [-0.05, 0) is 17.7 Å². The van der Waals surface area contributed by atoms with Crippen LogP contribution < -0.4 is 0 Å². The molecule has 0 heterocycles. The van der Waals surface area contributed by atoms with Gasteiger partial charge in [0.1, 0.15) is 5.60 Å². The number of hydrogen-bond acceptors (Lipinski definition) is 3. The molecule has 0 saturated heterocycles. The number of carbonyl (C=O) groups is 1. The molecule has 0 radical (unpaired) electrons. The molecule has 2 atom stereocenters. The number of hydrogen-bond donors (Lipinski definition) is 1. The Hall–Kier alpha value is -1.71. The summed E-state index contributed by atoms with van der Waals surface area (Å²) >= 11 is 0. The summed E-state index contributed by atoms with van der Waals surface area (Å²) in [4.78, 5) is 11.5. The maximum atomic E-state index is 11.5. The molecule has 0 bridgehead atoms. The number of ketones is 1. The number of benzene rings is 1. The summed E-state index contributed by atoms with van der Waals surface area (Å²) in [7, 11) is 1.52. The van der Waals surface area contributed by atoms with Crippen LogP contribution in [0.25, 0.3) is 6.08 Å². The van der Waals surface area contributed by atoms with Crippen molar-refractivity contribution >= 4 is 11.9 Å². The Morgan fingerprint density at radius 1 is 1.37 bits per heavy atom. The molecule has 19 heavy (non-hydrogen) atoms. The summed E-state index contributed by atoms with van der Waals surface area (Å²) in [6, 6.07) is 9.73. The first-order valence-electron chi connectivity index (χ1n) is 6.33. The van der Waals surface area contributed by atoms with Crippen LogP contribution in [0.3, 0.4) is 0 Å². The molecule has 1 aliphatic rings. The van der Waals surface area contributed by atoms with E-state index >= 15 is 0 Å². The molecule has 1 aromatic rings. The summed E-state index contributed by atoms with van der Waals surface area (Å²) in [6.45, 7) is 0. The van der Waals surface area contributed by atoms with Crippen molar-refractivity contribution in [3.8, 4) is 0 Å². The van der Waals surface area contributed by atoms with Gasteiger partial charge < -0.3 is 9.84 Å². The van der Waals surface area contributed by atoms with Crippen LogP contribution in [0.5, 0.6) is 0 Å². The third-order valence-corrected chi connectivity index (χ3v) is 3.34. The van der Waals surface area contributed by atoms with Crippen molar-refractivity contribution in [2.45, 2.75) is 24.5 Å². The van der Waals surface area contributed by atoms with Crippen LogP contribution in [0.15, 0.2) is 48.6 Å². The van der Waals surface area contributed by atoms with Crippen molar-refractivity contribution in [1.29, 1.82) is 0 Å². The lowest BCUT2D eigenvalue weighted by molar-refractivity contribution is -0.121. The lowest BCUT2D eigenvalue weighted by Crippen LogP contribution is -2.41. The predicted molar refractivity (Wildman–Crippen MR) is 74.6 cm³/mol. The number of allylic oxidation sites excluding steroid dienone is 1. The molecule has 1 N–H and O–H groups in total. The smallest absolute Gasteiger partial charge is 0.158 e. The highest BCUT2D eigenvalue weighted by Gasteiger charge is 2.36. The van der Waals surface area contributed by atoms with Crippen LogP contribution in [-0.2, 0) is 9.53 Å². The SMILES string of the molecule is COC1CC(=O)C=CCC1(O)C=Cc1ccccc1. The van der Waals surface area contributed by atoms with Crippen LogP contribution in [0, 0.1) is 0 Å². The Labute approximate surface area is 113 Å². The van der Waals surface area contributed by atoms with Crippen LogP contribution in [0.2, 0.25) is 0 Å². The third kappa shape index (κ3) is 3.40. The number of methoxy groups -OCH3 is 1. The Bertz CT molecular complexity index is 490. The highest BCUT2D eigenvalue weighted by Crippen LogP contribution is 2.27. The molecule has 0 spiro atoms. The number of carbonyl (C=O) groups excluding carboxylic acids is 1. The van der Waals surface area contributed by atoms with E-state index in [1.54, 1.807) is 12.2 Å². The molecule has 3 nitrogen and oxygen atoms in total. The molecule has 2 unspecified atom stereocenters. The monoisotopic (exact) mass is 258 g/mol. The molecule has 1 aliphatic carbocycles. The van der Waals surface area contributed by atoms with Crippen LogP contribution in [0.1, 0.15) is 18.4 Å². The molecule has 1 aromatic carbocycles. The van der Waals surface area contributed by atoms with E-state index in [1.165, 1.54) is 13.2 Å². The minimum atomic E-state index is -1.15. The summed E-state index contributed by atoms with van der Waals surface area (Å²) in [5, 5.41) is 10.7. The highest BCUT2D eigenvalue weighted by atomic mass is 16.5. The minimum absolute atomic E-state index is 0.0177. The van der Waals surface area contributed by atoms with E-state index in [0.29, 0.717) is 6.42 Å². The molecular formula is C16H18O3. The quantitative estimate of drug-likeness (QED) is 0.905. The van der Waals surface area contributed by atoms with E-state index in [-0.39, 0.29) is 12.2 Å². The number of rotatable bonds is 3. The van der Waals surface area contributed by atoms with E-state index in [2.05, 4.69) is 0 Å². The molecular weight excluding hydrogens is 240 g/mol. The van der Waals surface area contributed by atoms with Gasteiger partial charge in [0.2, 0.25) is 0 Å². The minimum Gasteiger partial charge on any atom is -0.383 e. The van der Waals surface area contributed by atoms with Crippen LogP contribution >= 0.6 is 0 Å². The van der Waals surface area contributed by atoms with Gasteiger partial charge in [0.25, 0.3) is 0 Å². The van der Waals surface area contributed by atoms with Gasteiger partial charge >= 0.3 is 0 Å². The van der Waals surface area contributed by atoms with E-state index in [9.17, 15) is 9.90 Å². The first kappa shape index (κ1) is 13.7. The second-order valence-electron chi connectivity index (χ2n) is 4.74. The van der Waals surface area contributed by atoms with Gasteiger partial charge in [0.05, 0.1) is 6.10 Å². The van der Waals surface area contributed by atoms with Crippen LogP contribution in [0.4, 0.5) is 0 Å². The van der Waals surface area contributed by atoms with Crippen molar-refractivity contribution < 1.29 is 14.6 Å². The van der Waals surface area contributed by atoms with Gasteiger partial charge in [0, 0.05) is 20.0 Å². The van der Waals surface area contributed by atoms with Crippen molar-refractivity contribution in [1.82, 2.24) is 0 Å². The molecule has 0 aliphatic heterocycles. The average molecular weight is 258 g/mol. The fraction of sp³-hybridized carbons (Fsp3) is 0.312. The van der Waals surface area contributed by atoms with E-state index in [0.717, 1.165) is 5.56 Å².